The molecule has 3 nitrogen and oxygen atoms in total. The summed E-state index contributed by atoms with van der Waals surface area (Å²) in [5.74, 6) is 0.0848. The van der Waals surface area contributed by atoms with Gasteiger partial charge in [0.2, 0.25) is 0 Å². The SMILES string of the molecule is Cc1cccc(C)c1C(=O)N1c2ccc(N)cc2CC1C. The zero-order valence-corrected chi connectivity index (χ0v) is 12.7. The van der Waals surface area contributed by atoms with Crippen LogP contribution in [0, 0.1) is 13.8 Å². The maximum Gasteiger partial charge on any atom is 0.259 e. The molecule has 1 heterocycles. The first-order valence-electron chi connectivity index (χ1n) is 7.27. The second-order valence-electron chi connectivity index (χ2n) is 5.88. The van der Waals surface area contributed by atoms with Crippen LogP contribution in [0.15, 0.2) is 36.4 Å². The predicted molar refractivity (Wildman–Crippen MR) is 86.7 cm³/mol. The van der Waals surface area contributed by atoms with E-state index < -0.39 is 0 Å². The molecule has 3 rings (SSSR count). The molecular formula is C18H20N2O. The lowest BCUT2D eigenvalue weighted by Gasteiger charge is -2.24. The van der Waals surface area contributed by atoms with Gasteiger partial charge < -0.3 is 10.6 Å². The molecule has 3 heteroatoms. The first-order valence-corrected chi connectivity index (χ1v) is 7.27. The van der Waals surface area contributed by atoms with Gasteiger partial charge in [-0.15, -0.1) is 0 Å². The first kappa shape index (κ1) is 13.7. The van der Waals surface area contributed by atoms with Crippen molar-refractivity contribution < 1.29 is 4.79 Å². The van der Waals surface area contributed by atoms with Crippen LogP contribution in [0.25, 0.3) is 0 Å². The lowest BCUT2D eigenvalue weighted by atomic mass is 10.0. The van der Waals surface area contributed by atoms with Crippen LogP contribution in [0.2, 0.25) is 0 Å². The molecule has 21 heavy (non-hydrogen) atoms. The molecular weight excluding hydrogens is 260 g/mol. The smallest absolute Gasteiger partial charge is 0.259 e. The van der Waals surface area contributed by atoms with E-state index in [0.717, 1.165) is 40.0 Å². The van der Waals surface area contributed by atoms with Gasteiger partial charge in [0.1, 0.15) is 0 Å². The maximum atomic E-state index is 13.0. The molecule has 2 aromatic carbocycles. The number of anilines is 2. The van der Waals surface area contributed by atoms with Crippen LogP contribution in [0.5, 0.6) is 0 Å². The molecule has 0 spiro atoms. The van der Waals surface area contributed by atoms with E-state index in [1.165, 1.54) is 0 Å². The Hall–Kier alpha value is -2.29. The summed E-state index contributed by atoms with van der Waals surface area (Å²) in [6, 6.07) is 11.9. The minimum absolute atomic E-state index is 0.0848. The lowest BCUT2D eigenvalue weighted by molar-refractivity contribution is 0.0980. The number of nitrogen functional groups attached to an aromatic ring is 1. The average Bonchev–Trinajstić information content (AvgIpc) is 2.73. The normalized spacial score (nSPS) is 16.9. The number of aryl methyl sites for hydroxylation is 2. The van der Waals surface area contributed by atoms with Crippen molar-refractivity contribution in [2.24, 2.45) is 0 Å². The van der Waals surface area contributed by atoms with Gasteiger partial charge in [0, 0.05) is 23.0 Å². The number of fused-ring (bicyclic) bond motifs is 1. The number of benzene rings is 2. The summed E-state index contributed by atoms with van der Waals surface area (Å²) in [7, 11) is 0. The topological polar surface area (TPSA) is 46.3 Å². The standard InChI is InChI=1S/C18H20N2O/c1-11-5-4-6-12(2)17(11)18(21)20-13(3)9-14-10-15(19)7-8-16(14)20/h4-8,10,13H,9,19H2,1-3H3. The van der Waals surface area contributed by atoms with E-state index in [-0.39, 0.29) is 11.9 Å². The molecule has 2 N–H and O–H groups in total. The molecule has 0 saturated heterocycles. The van der Waals surface area contributed by atoms with Gasteiger partial charge in [-0.3, -0.25) is 4.79 Å². The van der Waals surface area contributed by atoms with Crippen LogP contribution in [-0.2, 0) is 6.42 Å². The Morgan fingerprint density at radius 2 is 1.86 bits per heavy atom. The van der Waals surface area contributed by atoms with Crippen molar-refractivity contribution in [1.29, 1.82) is 0 Å². The second-order valence-corrected chi connectivity index (χ2v) is 5.88. The minimum Gasteiger partial charge on any atom is -0.399 e. The van der Waals surface area contributed by atoms with Crippen molar-refractivity contribution in [3.8, 4) is 0 Å². The fraction of sp³-hybridized carbons (Fsp3) is 0.278. The number of nitrogens with two attached hydrogens (primary N) is 1. The van der Waals surface area contributed by atoms with Crippen molar-refractivity contribution in [3.63, 3.8) is 0 Å². The summed E-state index contributed by atoms with van der Waals surface area (Å²) in [6.45, 7) is 6.07. The third kappa shape index (κ3) is 2.19. The Balaban J connectivity index is 2.07. The van der Waals surface area contributed by atoms with E-state index >= 15 is 0 Å². The number of hydrogen-bond donors (Lipinski definition) is 1. The Morgan fingerprint density at radius 1 is 1.19 bits per heavy atom. The van der Waals surface area contributed by atoms with Gasteiger partial charge in [-0.2, -0.15) is 0 Å². The molecule has 108 valence electrons. The van der Waals surface area contributed by atoms with E-state index in [4.69, 9.17) is 5.73 Å². The highest BCUT2D eigenvalue weighted by molar-refractivity contribution is 6.09. The molecule has 2 aromatic rings. The molecule has 0 aliphatic carbocycles. The number of carbonyl (C=O) groups is 1. The monoisotopic (exact) mass is 280 g/mol. The summed E-state index contributed by atoms with van der Waals surface area (Å²) < 4.78 is 0. The predicted octanol–water partition coefficient (Wildman–Crippen LogP) is 3.48. The van der Waals surface area contributed by atoms with Crippen LogP contribution in [0.3, 0.4) is 0 Å². The molecule has 0 aromatic heterocycles. The number of amides is 1. The first-order chi connectivity index (χ1) is 9.99. The van der Waals surface area contributed by atoms with Crippen LogP contribution < -0.4 is 10.6 Å². The Morgan fingerprint density at radius 3 is 2.52 bits per heavy atom. The fourth-order valence-electron chi connectivity index (χ4n) is 3.23. The second kappa shape index (κ2) is 4.92. The van der Waals surface area contributed by atoms with Crippen LogP contribution in [0.4, 0.5) is 11.4 Å². The highest BCUT2D eigenvalue weighted by Gasteiger charge is 2.32. The quantitative estimate of drug-likeness (QED) is 0.813. The van der Waals surface area contributed by atoms with Crippen molar-refractivity contribution in [1.82, 2.24) is 0 Å². The molecule has 0 bridgehead atoms. The van der Waals surface area contributed by atoms with Gasteiger partial charge in [-0.05, 0) is 62.1 Å². The minimum atomic E-state index is 0.0848. The Labute approximate surface area is 125 Å². The van der Waals surface area contributed by atoms with E-state index in [1.807, 2.05) is 55.1 Å². The third-order valence-corrected chi connectivity index (χ3v) is 4.23. The molecule has 1 amide bonds. The third-order valence-electron chi connectivity index (χ3n) is 4.23. The lowest BCUT2D eigenvalue weighted by Crippen LogP contribution is -2.36. The Bertz CT molecular complexity index is 701. The fourth-order valence-corrected chi connectivity index (χ4v) is 3.23. The van der Waals surface area contributed by atoms with Crippen molar-refractivity contribution in [2.75, 3.05) is 10.6 Å². The summed E-state index contributed by atoms with van der Waals surface area (Å²) in [6.07, 6.45) is 0.858. The van der Waals surface area contributed by atoms with Gasteiger partial charge >= 0.3 is 0 Å². The number of nitrogens with zero attached hydrogens (tertiary/aromatic N) is 1. The van der Waals surface area contributed by atoms with Gasteiger partial charge in [0.05, 0.1) is 0 Å². The summed E-state index contributed by atoms with van der Waals surface area (Å²) in [4.78, 5) is 14.9. The van der Waals surface area contributed by atoms with Gasteiger partial charge in [0.15, 0.2) is 0 Å². The van der Waals surface area contributed by atoms with Crippen LogP contribution in [0.1, 0.15) is 34.0 Å². The van der Waals surface area contributed by atoms with Crippen molar-refractivity contribution in [2.45, 2.75) is 33.2 Å². The van der Waals surface area contributed by atoms with E-state index in [0.29, 0.717) is 0 Å². The zero-order chi connectivity index (χ0) is 15.1. The van der Waals surface area contributed by atoms with E-state index in [9.17, 15) is 4.79 Å². The van der Waals surface area contributed by atoms with E-state index in [1.54, 1.807) is 0 Å². The number of hydrogen-bond acceptors (Lipinski definition) is 2. The number of carbonyl (C=O) groups excluding carboxylic acids is 1. The molecule has 1 atom stereocenters. The van der Waals surface area contributed by atoms with Crippen LogP contribution in [-0.4, -0.2) is 11.9 Å². The zero-order valence-electron chi connectivity index (χ0n) is 12.7. The van der Waals surface area contributed by atoms with Crippen LogP contribution >= 0.6 is 0 Å². The highest BCUT2D eigenvalue weighted by Crippen LogP contribution is 2.35. The summed E-state index contributed by atoms with van der Waals surface area (Å²) in [5.41, 5.74) is 11.6. The van der Waals surface area contributed by atoms with Crippen molar-refractivity contribution >= 4 is 17.3 Å². The maximum absolute atomic E-state index is 13.0. The largest absolute Gasteiger partial charge is 0.399 e. The molecule has 1 aliphatic rings. The van der Waals surface area contributed by atoms with E-state index in [2.05, 4.69) is 6.92 Å². The van der Waals surface area contributed by atoms with Gasteiger partial charge in [-0.25, -0.2) is 0 Å². The molecule has 0 radical (unpaired) electrons. The molecule has 1 unspecified atom stereocenters. The summed E-state index contributed by atoms with van der Waals surface area (Å²) in [5, 5.41) is 0. The Kier molecular flexibility index (Phi) is 3.20. The summed E-state index contributed by atoms with van der Waals surface area (Å²) >= 11 is 0. The molecule has 0 saturated carbocycles. The average molecular weight is 280 g/mol. The molecule has 1 aliphatic heterocycles. The highest BCUT2D eigenvalue weighted by atomic mass is 16.2. The van der Waals surface area contributed by atoms with Gasteiger partial charge in [0.25, 0.3) is 5.91 Å². The van der Waals surface area contributed by atoms with Crippen molar-refractivity contribution in [3.05, 3.63) is 58.7 Å². The number of rotatable bonds is 1. The molecule has 0 fully saturated rings. The van der Waals surface area contributed by atoms with Gasteiger partial charge in [-0.1, -0.05) is 18.2 Å².